The Kier molecular flexibility index (Phi) is 5.33. The molecule has 2 rings (SSSR count). The second kappa shape index (κ2) is 6.65. The molecule has 6 heteroatoms. The molecule has 0 amide bonds. The molecule has 0 saturated heterocycles. The highest BCUT2D eigenvalue weighted by atomic mass is 32.2. The van der Waals surface area contributed by atoms with Gasteiger partial charge in [-0.2, -0.15) is 0 Å². The van der Waals surface area contributed by atoms with Gasteiger partial charge in [-0.05, 0) is 59.6 Å². The van der Waals surface area contributed by atoms with Gasteiger partial charge < -0.3 is 9.29 Å². The maximum Gasteiger partial charge on any atom is 0.311 e. The summed E-state index contributed by atoms with van der Waals surface area (Å²) in [6.07, 6.45) is 0.376. The van der Waals surface area contributed by atoms with E-state index in [4.69, 9.17) is 4.74 Å². The summed E-state index contributed by atoms with van der Waals surface area (Å²) in [5, 5.41) is 0. The second-order valence-corrected chi connectivity index (χ2v) is 10.1. The Bertz CT molecular complexity index is 622. The van der Waals surface area contributed by atoms with Crippen LogP contribution in [0.3, 0.4) is 0 Å². The average Bonchev–Trinajstić information content (AvgIpc) is 2.76. The van der Waals surface area contributed by atoms with Gasteiger partial charge in [0.2, 0.25) is 0 Å². The van der Waals surface area contributed by atoms with Gasteiger partial charge in [-0.3, -0.25) is 4.79 Å². The number of halogens is 1. The number of hydrogen-bond acceptors (Lipinski definition) is 4. The zero-order valence-electron chi connectivity index (χ0n) is 15.1. The minimum Gasteiger partial charge on any atom is -0.598 e. The molecule has 134 valence electrons. The molecule has 1 aliphatic rings. The van der Waals surface area contributed by atoms with Crippen LogP contribution in [0.4, 0.5) is 4.39 Å². The SMILES string of the molecule is CC(C)(C)OC(=O)[C@@H]1Cc2cccc(F)c2[C@H]1N[S+]([O-])C(C)(C)C. The van der Waals surface area contributed by atoms with Crippen LogP contribution >= 0.6 is 0 Å². The monoisotopic (exact) mass is 355 g/mol. The van der Waals surface area contributed by atoms with Crippen molar-refractivity contribution in [3.05, 3.63) is 35.1 Å². The molecule has 1 aliphatic carbocycles. The number of esters is 1. The van der Waals surface area contributed by atoms with E-state index in [9.17, 15) is 13.7 Å². The van der Waals surface area contributed by atoms with Crippen molar-refractivity contribution >= 4 is 17.3 Å². The Morgan fingerprint density at radius 1 is 1.29 bits per heavy atom. The minimum absolute atomic E-state index is 0.376. The van der Waals surface area contributed by atoms with Crippen LogP contribution in [0.25, 0.3) is 0 Å². The highest BCUT2D eigenvalue weighted by molar-refractivity contribution is 7.90. The van der Waals surface area contributed by atoms with E-state index >= 15 is 0 Å². The third kappa shape index (κ3) is 4.29. The number of rotatable bonds is 3. The summed E-state index contributed by atoms with van der Waals surface area (Å²) in [7, 11) is 0. The van der Waals surface area contributed by atoms with Crippen molar-refractivity contribution in [3.8, 4) is 0 Å². The molecule has 3 atom stereocenters. The van der Waals surface area contributed by atoms with Gasteiger partial charge in [0.25, 0.3) is 0 Å². The number of benzene rings is 1. The predicted molar refractivity (Wildman–Crippen MR) is 93.2 cm³/mol. The fourth-order valence-corrected chi connectivity index (χ4v) is 3.56. The molecular formula is C18H26FNO3S. The molecule has 4 nitrogen and oxygen atoms in total. The highest BCUT2D eigenvalue weighted by Gasteiger charge is 2.45. The van der Waals surface area contributed by atoms with Gasteiger partial charge in [-0.1, -0.05) is 12.1 Å². The molecule has 0 fully saturated rings. The smallest absolute Gasteiger partial charge is 0.311 e. The fraction of sp³-hybridized carbons (Fsp3) is 0.611. The summed E-state index contributed by atoms with van der Waals surface area (Å²) >= 11 is -1.43. The molecule has 1 N–H and O–H groups in total. The van der Waals surface area contributed by atoms with E-state index < -0.39 is 39.6 Å². The number of fused-ring (bicyclic) bond motifs is 1. The molecule has 1 aromatic rings. The number of ether oxygens (including phenoxy) is 1. The summed E-state index contributed by atoms with van der Waals surface area (Å²) in [6, 6.07) is 4.14. The van der Waals surface area contributed by atoms with Crippen molar-refractivity contribution in [2.24, 2.45) is 5.92 Å². The standard InChI is InChI=1S/C18H26FNO3S/c1-17(2,3)23-16(21)12-10-11-8-7-9-13(19)14(11)15(12)20-24(22)18(4,5)6/h7-9,12,15,20H,10H2,1-6H3/t12-,15+,24?/m1/s1. The van der Waals surface area contributed by atoms with Crippen molar-refractivity contribution < 1.29 is 18.5 Å². The third-order valence-electron chi connectivity index (χ3n) is 3.80. The van der Waals surface area contributed by atoms with Crippen LogP contribution in [-0.2, 0) is 27.3 Å². The average molecular weight is 355 g/mol. The number of carbonyl (C=O) groups is 1. The first kappa shape index (κ1) is 19.2. The van der Waals surface area contributed by atoms with Crippen LogP contribution in [0.15, 0.2) is 18.2 Å². The van der Waals surface area contributed by atoms with E-state index in [-0.39, 0.29) is 5.82 Å². The predicted octanol–water partition coefficient (Wildman–Crippen LogP) is 3.43. The summed E-state index contributed by atoms with van der Waals surface area (Å²) in [5.74, 6) is -1.38. The minimum atomic E-state index is -1.43. The van der Waals surface area contributed by atoms with Crippen LogP contribution in [0.5, 0.6) is 0 Å². The largest absolute Gasteiger partial charge is 0.598 e. The molecule has 0 aliphatic heterocycles. The van der Waals surface area contributed by atoms with Gasteiger partial charge in [-0.25, -0.2) is 4.39 Å². The molecular weight excluding hydrogens is 329 g/mol. The molecule has 0 radical (unpaired) electrons. The van der Waals surface area contributed by atoms with Crippen molar-refractivity contribution in [1.29, 1.82) is 0 Å². The van der Waals surface area contributed by atoms with E-state index in [1.54, 1.807) is 32.9 Å². The van der Waals surface area contributed by atoms with Crippen LogP contribution in [0, 0.1) is 11.7 Å². The lowest BCUT2D eigenvalue weighted by Crippen LogP contribution is -2.44. The van der Waals surface area contributed by atoms with E-state index in [0.717, 1.165) is 5.56 Å². The summed E-state index contributed by atoms with van der Waals surface area (Å²) in [4.78, 5) is 12.6. The Hall–Kier alpha value is -1.11. The van der Waals surface area contributed by atoms with Crippen LogP contribution in [-0.4, -0.2) is 20.9 Å². The van der Waals surface area contributed by atoms with E-state index in [1.807, 2.05) is 20.8 Å². The van der Waals surface area contributed by atoms with E-state index in [0.29, 0.717) is 12.0 Å². The Morgan fingerprint density at radius 2 is 1.92 bits per heavy atom. The molecule has 1 unspecified atom stereocenters. The van der Waals surface area contributed by atoms with Gasteiger partial charge in [0, 0.05) is 16.9 Å². The fourth-order valence-electron chi connectivity index (χ4n) is 2.69. The highest BCUT2D eigenvalue weighted by Crippen LogP contribution is 2.40. The van der Waals surface area contributed by atoms with Crippen molar-refractivity contribution in [2.45, 2.75) is 64.4 Å². The second-order valence-electron chi connectivity index (χ2n) is 8.13. The van der Waals surface area contributed by atoms with Gasteiger partial charge in [0.05, 0.1) is 12.0 Å². The first-order valence-electron chi connectivity index (χ1n) is 8.08. The molecule has 0 spiro atoms. The zero-order valence-corrected chi connectivity index (χ0v) is 15.9. The van der Waals surface area contributed by atoms with E-state index in [1.165, 1.54) is 6.07 Å². The van der Waals surface area contributed by atoms with Crippen molar-refractivity contribution in [1.82, 2.24) is 4.72 Å². The van der Waals surface area contributed by atoms with Crippen LogP contribution in [0.1, 0.15) is 58.7 Å². The molecule has 0 saturated carbocycles. The van der Waals surface area contributed by atoms with Gasteiger partial charge in [-0.15, -0.1) is 4.72 Å². The Morgan fingerprint density at radius 3 is 2.46 bits per heavy atom. The number of carbonyl (C=O) groups excluding carboxylic acids is 1. The van der Waals surface area contributed by atoms with Gasteiger partial charge in [0.1, 0.15) is 16.2 Å². The maximum absolute atomic E-state index is 14.4. The van der Waals surface area contributed by atoms with E-state index in [2.05, 4.69) is 4.72 Å². The lowest BCUT2D eigenvalue weighted by molar-refractivity contribution is -0.160. The molecule has 24 heavy (non-hydrogen) atoms. The maximum atomic E-state index is 14.4. The zero-order chi connectivity index (χ0) is 18.3. The first-order valence-corrected chi connectivity index (χ1v) is 9.23. The van der Waals surface area contributed by atoms with Gasteiger partial charge in [0.15, 0.2) is 0 Å². The number of nitrogens with one attached hydrogen (secondary N) is 1. The van der Waals surface area contributed by atoms with Crippen molar-refractivity contribution in [3.63, 3.8) is 0 Å². The third-order valence-corrected chi connectivity index (χ3v) is 5.38. The van der Waals surface area contributed by atoms with Crippen LogP contribution in [0.2, 0.25) is 0 Å². The van der Waals surface area contributed by atoms with Crippen LogP contribution < -0.4 is 4.72 Å². The summed E-state index contributed by atoms with van der Waals surface area (Å²) < 4.78 is 34.8. The Balaban J connectivity index is 2.34. The number of hydrogen-bond donors (Lipinski definition) is 1. The quantitative estimate of drug-likeness (QED) is 0.666. The lowest BCUT2D eigenvalue weighted by atomic mass is 10.0. The van der Waals surface area contributed by atoms with Crippen molar-refractivity contribution in [2.75, 3.05) is 0 Å². The first-order chi connectivity index (χ1) is 10.9. The topological polar surface area (TPSA) is 61.4 Å². The molecule has 1 aromatic carbocycles. The molecule has 0 heterocycles. The lowest BCUT2D eigenvalue weighted by Gasteiger charge is -2.30. The summed E-state index contributed by atoms with van der Waals surface area (Å²) in [5.41, 5.74) is 0.554. The molecule has 0 bridgehead atoms. The normalized spacial score (nSPS) is 22.2. The van der Waals surface area contributed by atoms with Gasteiger partial charge >= 0.3 is 5.97 Å². The Labute approximate surface area is 146 Å². The summed E-state index contributed by atoms with van der Waals surface area (Å²) in [6.45, 7) is 10.9. The molecule has 0 aromatic heterocycles.